The van der Waals surface area contributed by atoms with Crippen molar-refractivity contribution in [1.29, 1.82) is 0 Å². The van der Waals surface area contributed by atoms with E-state index in [0.717, 1.165) is 38.0 Å². The van der Waals surface area contributed by atoms with Gasteiger partial charge in [0.2, 0.25) is 0 Å². The number of carbonyl (C=O) groups is 1. The van der Waals surface area contributed by atoms with E-state index in [1.807, 2.05) is 23.1 Å². The van der Waals surface area contributed by atoms with Crippen LogP contribution in [0.1, 0.15) is 51.0 Å². The fourth-order valence-electron chi connectivity index (χ4n) is 3.04. The third kappa shape index (κ3) is 4.01. The van der Waals surface area contributed by atoms with Crippen LogP contribution in [0.3, 0.4) is 0 Å². The molecule has 1 aliphatic rings. The summed E-state index contributed by atoms with van der Waals surface area (Å²) < 4.78 is 5.84. The van der Waals surface area contributed by atoms with E-state index in [0.29, 0.717) is 12.5 Å². The predicted octanol–water partition coefficient (Wildman–Crippen LogP) is 2.92. The number of piperidine rings is 1. The quantitative estimate of drug-likeness (QED) is 0.879. The van der Waals surface area contributed by atoms with Crippen molar-refractivity contribution in [1.82, 2.24) is 4.90 Å². The number of ether oxygens (including phenoxy) is 1. The number of nitrogens with zero attached hydrogens (tertiary/aromatic N) is 1. The highest BCUT2D eigenvalue weighted by molar-refractivity contribution is 5.78. The second-order valence-corrected chi connectivity index (χ2v) is 6.11. The van der Waals surface area contributed by atoms with Gasteiger partial charge in [-0.3, -0.25) is 4.79 Å². The lowest BCUT2D eigenvalue weighted by molar-refractivity contribution is -0.136. The van der Waals surface area contributed by atoms with E-state index in [-0.39, 0.29) is 18.6 Å². The van der Waals surface area contributed by atoms with Crippen molar-refractivity contribution in [3.05, 3.63) is 29.8 Å². The topological polar surface area (TPSA) is 55.6 Å². The number of hydrogen-bond acceptors (Lipinski definition) is 3. The lowest BCUT2D eigenvalue weighted by atomic mass is 9.98. The third-order valence-electron chi connectivity index (χ3n) is 4.63. The molecule has 0 aliphatic carbocycles. The van der Waals surface area contributed by atoms with Gasteiger partial charge < -0.3 is 15.4 Å². The zero-order chi connectivity index (χ0) is 15.9. The van der Waals surface area contributed by atoms with Crippen molar-refractivity contribution in [3.63, 3.8) is 0 Å². The molecule has 0 bridgehead atoms. The molecule has 122 valence electrons. The number of rotatable bonds is 6. The van der Waals surface area contributed by atoms with E-state index in [2.05, 4.69) is 19.9 Å². The summed E-state index contributed by atoms with van der Waals surface area (Å²) in [6.45, 7) is 5.78. The molecule has 2 atom stereocenters. The monoisotopic (exact) mass is 304 g/mol. The molecule has 1 amide bonds. The maximum Gasteiger partial charge on any atom is 0.260 e. The molecule has 4 nitrogen and oxygen atoms in total. The highest BCUT2D eigenvalue weighted by atomic mass is 16.5. The van der Waals surface area contributed by atoms with Gasteiger partial charge in [-0.25, -0.2) is 0 Å². The SMILES string of the molecule is CCC(C)c1ccccc1OCC(=O)N1CCCCC1CN. The van der Waals surface area contributed by atoms with Crippen LogP contribution >= 0.6 is 0 Å². The van der Waals surface area contributed by atoms with Crippen LogP contribution in [0.25, 0.3) is 0 Å². The normalized spacial score (nSPS) is 19.8. The molecule has 2 rings (SSSR count). The van der Waals surface area contributed by atoms with Crippen molar-refractivity contribution in [2.24, 2.45) is 5.73 Å². The second kappa shape index (κ2) is 8.18. The molecule has 0 radical (unpaired) electrons. The van der Waals surface area contributed by atoms with Crippen molar-refractivity contribution >= 4 is 5.91 Å². The highest BCUT2D eigenvalue weighted by Gasteiger charge is 2.25. The first-order chi connectivity index (χ1) is 10.7. The van der Waals surface area contributed by atoms with Gasteiger partial charge >= 0.3 is 0 Å². The van der Waals surface area contributed by atoms with Gasteiger partial charge in [-0.2, -0.15) is 0 Å². The second-order valence-electron chi connectivity index (χ2n) is 6.11. The van der Waals surface area contributed by atoms with Crippen LogP contribution in [0.4, 0.5) is 0 Å². The van der Waals surface area contributed by atoms with Gasteiger partial charge in [-0.15, -0.1) is 0 Å². The molecule has 1 saturated heterocycles. The fourth-order valence-corrected chi connectivity index (χ4v) is 3.04. The Morgan fingerprint density at radius 1 is 1.41 bits per heavy atom. The summed E-state index contributed by atoms with van der Waals surface area (Å²) in [7, 11) is 0. The molecule has 1 aliphatic heterocycles. The van der Waals surface area contributed by atoms with Crippen LogP contribution < -0.4 is 10.5 Å². The van der Waals surface area contributed by atoms with E-state index < -0.39 is 0 Å². The molecule has 0 spiro atoms. The zero-order valence-electron chi connectivity index (χ0n) is 13.8. The van der Waals surface area contributed by atoms with Gasteiger partial charge in [0.15, 0.2) is 6.61 Å². The Labute approximate surface area is 133 Å². The minimum Gasteiger partial charge on any atom is -0.483 e. The van der Waals surface area contributed by atoms with Crippen LogP contribution in [0, 0.1) is 0 Å². The average Bonchev–Trinajstić information content (AvgIpc) is 2.59. The predicted molar refractivity (Wildman–Crippen MR) is 89.0 cm³/mol. The Kier molecular flexibility index (Phi) is 6.25. The fraction of sp³-hybridized carbons (Fsp3) is 0.611. The first-order valence-electron chi connectivity index (χ1n) is 8.38. The first kappa shape index (κ1) is 16.8. The smallest absolute Gasteiger partial charge is 0.260 e. The molecule has 1 fully saturated rings. The number of hydrogen-bond donors (Lipinski definition) is 1. The number of carbonyl (C=O) groups excluding carboxylic acids is 1. The Bertz CT molecular complexity index is 490. The molecule has 0 saturated carbocycles. The Morgan fingerprint density at radius 2 is 2.18 bits per heavy atom. The molecule has 2 unspecified atom stereocenters. The van der Waals surface area contributed by atoms with Gasteiger partial charge in [0.1, 0.15) is 5.75 Å². The van der Waals surface area contributed by atoms with Crippen molar-refractivity contribution in [2.45, 2.75) is 51.5 Å². The standard InChI is InChI=1S/C18H28N2O2/c1-3-14(2)16-9-4-5-10-17(16)22-13-18(21)20-11-7-6-8-15(20)12-19/h4-5,9-10,14-15H,3,6-8,11-13,19H2,1-2H3. The van der Waals surface area contributed by atoms with Crippen LogP contribution in [0.2, 0.25) is 0 Å². The van der Waals surface area contributed by atoms with Crippen molar-refractivity contribution in [3.8, 4) is 5.75 Å². The minimum atomic E-state index is 0.0501. The lowest BCUT2D eigenvalue weighted by Crippen LogP contribution is -2.49. The van der Waals surface area contributed by atoms with Crippen LogP contribution in [-0.2, 0) is 4.79 Å². The summed E-state index contributed by atoms with van der Waals surface area (Å²) in [5.74, 6) is 1.30. The highest BCUT2D eigenvalue weighted by Crippen LogP contribution is 2.28. The van der Waals surface area contributed by atoms with E-state index >= 15 is 0 Å². The Balaban J connectivity index is 1.99. The van der Waals surface area contributed by atoms with Gasteiger partial charge in [0.25, 0.3) is 5.91 Å². The number of amides is 1. The van der Waals surface area contributed by atoms with Gasteiger partial charge in [-0.1, -0.05) is 32.0 Å². The summed E-state index contributed by atoms with van der Waals surface area (Å²) in [4.78, 5) is 14.3. The maximum absolute atomic E-state index is 12.4. The van der Waals surface area contributed by atoms with E-state index in [9.17, 15) is 4.79 Å². The molecule has 1 aromatic carbocycles. The summed E-state index contributed by atoms with van der Waals surface area (Å²) in [5, 5.41) is 0. The van der Waals surface area contributed by atoms with Crippen molar-refractivity contribution in [2.75, 3.05) is 19.7 Å². The number of para-hydroxylation sites is 1. The van der Waals surface area contributed by atoms with Crippen LogP contribution in [0.15, 0.2) is 24.3 Å². The number of likely N-dealkylation sites (tertiary alicyclic amines) is 1. The molecule has 22 heavy (non-hydrogen) atoms. The summed E-state index contributed by atoms with van der Waals surface area (Å²) in [6, 6.07) is 8.18. The van der Waals surface area contributed by atoms with Gasteiger partial charge in [0, 0.05) is 19.1 Å². The molecule has 0 aromatic heterocycles. The Morgan fingerprint density at radius 3 is 2.91 bits per heavy atom. The minimum absolute atomic E-state index is 0.0501. The lowest BCUT2D eigenvalue weighted by Gasteiger charge is -2.35. The van der Waals surface area contributed by atoms with Crippen molar-refractivity contribution < 1.29 is 9.53 Å². The molecule has 4 heteroatoms. The maximum atomic E-state index is 12.4. The van der Waals surface area contributed by atoms with E-state index in [4.69, 9.17) is 10.5 Å². The zero-order valence-corrected chi connectivity index (χ0v) is 13.8. The summed E-state index contributed by atoms with van der Waals surface area (Å²) in [6.07, 6.45) is 4.27. The number of nitrogens with two attached hydrogens (primary N) is 1. The molecule has 2 N–H and O–H groups in total. The molecular formula is C18H28N2O2. The largest absolute Gasteiger partial charge is 0.483 e. The van der Waals surface area contributed by atoms with Gasteiger partial charge in [0.05, 0.1) is 0 Å². The molecule has 1 heterocycles. The third-order valence-corrected chi connectivity index (χ3v) is 4.63. The van der Waals surface area contributed by atoms with E-state index in [1.54, 1.807) is 0 Å². The summed E-state index contributed by atoms with van der Waals surface area (Å²) >= 11 is 0. The molecule has 1 aromatic rings. The number of benzene rings is 1. The first-order valence-corrected chi connectivity index (χ1v) is 8.38. The Hall–Kier alpha value is -1.55. The summed E-state index contributed by atoms with van der Waals surface area (Å²) in [5.41, 5.74) is 6.96. The van der Waals surface area contributed by atoms with E-state index in [1.165, 1.54) is 5.56 Å². The van der Waals surface area contributed by atoms with Gasteiger partial charge in [-0.05, 0) is 43.2 Å². The molecular weight excluding hydrogens is 276 g/mol. The average molecular weight is 304 g/mol. The van der Waals surface area contributed by atoms with Crippen LogP contribution in [-0.4, -0.2) is 36.5 Å². The van der Waals surface area contributed by atoms with Crippen LogP contribution in [0.5, 0.6) is 5.75 Å².